The number of rotatable bonds is 7. The van der Waals surface area contributed by atoms with Gasteiger partial charge in [-0.25, -0.2) is 0 Å². The summed E-state index contributed by atoms with van der Waals surface area (Å²) in [5.74, 6) is 3.48. The lowest BCUT2D eigenvalue weighted by Crippen LogP contribution is -2.27. The summed E-state index contributed by atoms with van der Waals surface area (Å²) in [6.07, 6.45) is 2.74. The summed E-state index contributed by atoms with van der Waals surface area (Å²) in [4.78, 5) is 0. The van der Waals surface area contributed by atoms with Gasteiger partial charge in [0, 0.05) is 7.11 Å². The van der Waals surface area contributed by atoms with Crippen molar-refractivity contribution in [3.8, 4) is 0 Å². The van der Waals surface area contributed by atoms with E-state index in [2.05, 4.69) is 25.2 Å². The molecule has 1 N–H and O–H groups in total. The molecule has 1 aromatic heterocycles. The smallest absolute Gasteiger partial charge is 0.129 e. The first-order chi connectivity index (χ1) is 8.26. The van der Waals surface area contributed by atoms with Crippen molar-refractivity contribution in [2.45, 2.75) is 39.3 Å². The quantitative estimate of drug-likeness (QED) is 0.791. The molecular formula is C14H23NO2. The predicted molar refractivity (Wildman–Crippen MR) is 67.7 cm³/mol. The van der Waals surface area contributed by atoms with Crippen molar-refractivity contribution in [3.05, 3.63) is 23.7 Å². The number of ether oxygens (including phenoxy) is 1. The molecule has 0 bridgehead atoms. The average molecular weight is 237 g/mol. The average Bonchev–Trinajstić information content (AvgIpc) is 3.07. The predicted octanol–water partition coefficient (Wildman–Crippen LogP) is 3.12. The Morgan fingerprint density at radius 1 is 1.47 bits per heavy atom. The van der Waals surface area contributed by atoms with Crippen molar-refractivity contribution in [2.75, 3.05) is 13.7 Å². The van der Waals surface area contributed by atoms with Crippen LogP contribution in [0, 0.1) is 11.8 Å². The van der Waals surface area contributed by atoms with E-state index in [0.29, 0.717) is 18.6 Å². The highest BCUT2D eigenvalue weighted by atomic mass is 16.5. The van der Waals surface area contributed by atoms with Crippen LogP contribution in [-0.4, -0.2) is 13.7 Å². The summed E-state index contributed by atoms with van der Waals surface area (Å²) >= 11 is 0. The maximum Gasteiger partial charge on any atom is 0.129 e. The molecule has 0 amide bonds. The summed E-state index contributed by atoms with van der Waals surface area (Å²) in [6, 6.07) is 4.45. The van der Waals surface area contributed by atoms with Gasteiger partial charge in [-0.3, -0.25) is 0 Å². The van der Waals surface area contributed by atoms with Gasteiger partial charge in [-0.15, -0.1) is 0 Å². The zero-order valence-electron chi connectivity index (χ0n) is 11.0. The Labute approximate surface area is 104 Å². The van der Waals surface area contributed by atoms with E-state index < -0.39 is 0 Å². The zero-order chi connectivity index (χ0) is 12.3. The van der Waals surface area contributed by atoms with E-state index in [9.17, 15) is 0 Å². The molecule has 1 fully saturated rings. The third-order valence-corrected chi connectivity index (χ3v) is 3.59. The Morgan fingerprint density at radius 2 is 2.24 bits per heavy atom. The maximum atomic E-state index is 5.85. The van der Waals surface area contributed by atoms with Crippen molar-refractivity contribution in [1.29, 1.82) is 0 Å². The van der Waals surface area contributed by atoms with Gasteiger partial charge in [0.15, 0.2) is 0 Å². The van der Waals surface area contributed by atoms with Gasteiger partial charge in [-0.2, -0.15) is 0 Å². The largest absolute Gasteiger partial charge is 0.462 e. The summed E-state index contributed by atoms with van der Waals surface area (Å²) in [5.41, 5.74) is 0. The minimum absolute atomic E-state index is 0.345. The highest BCUT2D eigenvalue weighted by molar-refractivity contribution is 5.12. The molecule has 96 valence electrons. The van der Waals surface area contributed by atoms with Gasteiger partial charge in [0.2, 0.25) is 0 Å². The molecule has 1 aliphatic carbocycles. The number of furan rings is 1. The molecule has 1 heterocycles. The first-order valence-electron chi connectivity index (χ1n) is 6.57. The Balaban J connectivity index is 2.07. The lowest BCUT2D eigenvalue weighted by atomic mass is 9.94. The van der Waals surface area contributed by atoms with Gasteiger partial charge >= 0.3 is 0 Å². The van der Waals surface area contributed by atoms with Crippen molar-refractivity contribution in [2.24, 2.45) is 11.8 Å². The number of hydrogen-bond acceptors (Lipinski definition) is 3. The fraction of sp³-hybridized carbons (Fsp3) is 0.714. The van der Waals surface area contributed by atoms with Crippen LogP contribution in [0.5, 0.6) is 0 Å². The molecule has 1 aliphatic rings. The highest BCUT2D eigenvalue weighted by Gasteiger charge is 2.34. The molecule has 3 nitrogen and oxygen atoms in total. The van der Waals surface area contributed by atoms with Crippen molar-refractivity contribution >= 4 is 0 Å². The van der Waals surface area contributed by atoms with Crippen LogP contribution in [0.3, 0.4) is 0 Å². The second-order valence-electron chi connectivity index (χ2n) is 4.97. The van der Waals surface area contributed by atoms with Crippen LogP contribution in [-0.2, 0) is 11.3 Å². The topological polar surface area (TPSA) is 34.4 Å². The van der Waals surface area contributed by atoms with E-state index in [0.717, 1.165) is 24.0 Å². The van der Waals surface area contributed by atoms with Gasteiger partial charge < -0.3 is 14.5 Å². The Kier molecular flexibility index (Phi) is 4.24. The van der Waals surface area contributed by atoms with Crippen molar-refractivity contribution in [3.63, 3.8) is 0 Å². The summed E-state index contributed by atoms with van der Waals surface area (Å²) < 4.78 is 10.9. The van der Waals surface area contributed by atoms with Crippen LogP contribution >= 0.6 is 0 Å². The lowest BCUT2D eigenvalue weighted by Gasteiger charge is -2.22. The van der Waals surface area contributed by atoms with Gasteiger partial charge in [0.25, 0.3) is 0 Å². The SMILES string of the molecule is CCNC(c1ccc(COC)o1)C(C)C1CC1. The van der Waals surface area contributed by atoms with E-state index in [-0.39, 0.29) is 0 Å². The van der Waals surface area contributed by atoms with Crippen LogP contribution < -0.4 is 5.32 Å². The number of nitrogens with one attached hydrogen (secondary N) is 1. The molecule has 1 saturated carbocycles. The Bertz CT molecular complexity index is 344. The molecule has 0 radical (unpaired) electrons. The third-order valence-electron chi connectivity index (χ3n) is 3.59. The van der Waals surface area contributed by atoms with E-state index >= 15 is 0 Å². The molecule has 0 saturated heterocycles. The van der Waals surface area contributed by atoms with Crippen molar-refractivity contribution < 1.29 is 9.15 Å². The van der Waals surface area contributed by atoms with E-state index in [1.165, 1.54) is 12.8 Å². The second kappa shape index (κ2) is 5.69. The van der Waals surface area contributed by atoms with Crippen LogP contribution in [0.4, 0.5) is 0 Å². The van der Waals surface area contributed by atoms with Crippen LogP contribution in [0.25, 0.3) is 0 Å². The minimum atomic E-state index is 0.345. The molecule has 0 spiro atoms. The van der Waals surface area contributed by atoms with E-state index in [1.807, 2.05) is 6.07 Å². The van der Waals surface area contributed by atoms with Crippen LogP contribution in [0.2, 0.25) is 0 Å². The highest BCUT2D eigenvalue weighted by Crippen LogP contribution is 2.42. The first kappa shape index (κ1) is 12.7. The van der Waals surface area contributed by atoms with Crippen LogP contribution in [0.15, 0.2) is 16.5 Å². The molecule has 2 rings (SSSR count). The molecule has 2 unspecified atom stereocenters. The standard InChI is InChI=1S/C14H23NO2/c1-4-15-14(10(2)11-5-6-11)13-8-7-12(17-13)9-16-3/h7-8,10-11,14-15H,4-6,9H2,1-3H3. The Morgan fingerprint density at radius 3 is 2.82 bits per heavy atom. The molecule has 0 aromatic carbocycles. The van der Waals surface area contributed by atoms with Gasteiger partial charge in [-0.05, 0) is 43.4 Å². The van der Waals surface area contributed by atoms with E-state index in [4.69, 9.17) is 9.15 Å². The van der Waals surface area contributed by atoms with Gasteiger partial charge in [0.05, 0.1) is 6.04 Å². The van der Waals surface area contributed by atoms with Gasteiger partial charge in [0.1, 0.15) is 18.1 Å². The Hall–Kier alpha value is -0.800. The van der Waals surface area contributed by atoms with Gasteiger partial charge in [-0.1, -0.05) is 13.8 Å². The summed E-state index contributed by atoms with van der Waals surface area (Å²) in [7, 11) is 1.69. The first-order valence-corrected chi connectivity index (χ1v) is 6.57. The normalized spacial score (nSPS) is 19.2. The van der Waals surface area contributed by atoms with E-state index in [1.54, 1.807) is 7.11 Å². The van der Waals surface area contributed by atoms with Crippen LogP contribution in [0.1, 0.15) is 44.3 Å². The number of methoxy groups -OCH3 is 1. The molecule has 0 aliphatic heterocycles. The molecule has 3 heteroatoms. The maximum absolute atomic E-state index is 5.85. The summed E-state index contributed by atoms with van der Waals surface area (Å²) in [5, 5.41) is 3.54. The summed E-state index contributed by atoms with van der Waals surface area (Å²) in [6.45, 7) is 5.99. The molecule has 2 atom stereocenters. The molecule has 1 aromatic rings. The molecular weight excluding hydrogens is 214 g/mol. The number of hydrogen-bond donors (Lipinski definition) is 1. The minimum Gasteiger partial charge on any atom is -0.462 e. The molecule has 17 heavy (non-hydrogen) atoms. The fourth-order valence-electron chi connectivity index (χ4n) is 2.44. The third kappa shape index (κ3) is 3.11. The van der Waals surface area contributed by atoms with Crippen molar-refractivity contribution in [1.82, 2.24) is 5.32 Å². The monoisotopic (exact) mass is 237 g/mol. The zero-order valence-corrected chi connectivity index (χ0v) is 11.0. The lowest BCUT2D eigenvalue weighted by molar-refractivity contribution is 0.159. The second-order valence-corrected chi connectivity index (χ2v) is 4.97. The fourth-order valence-corrected chi connectivity index (χ4v) is 2.44.